The topological polar surface area (TPSA) is 118 Å². The molecular weight excluding hydrogens is 192 g/mol. The maximum Gasteiger partial charge on any atom is 0.135 e. The summed E-state index contributed by atoms with van der Waals surface area (Å²) in [5.41, 5.74) is 0. The Morgan fingerprint density at radius 3 is 1.64 bits per heavy atom. The van der Waals surface area contributed by atoms with Gasteiger partial charge in [-0.25, -0.2) is 0 Å². The van der Waals surface area contributed by atoms with Gasteiger partial charge >= 0.3 is 0 Å². The number of carbonyl (C=O) groups is 3. The summed E-state index contributed by atoms with van der Waals surface area (Å²) in [6.07, 6.45) is -1.54. The lowest BCUT2D eigenvalue weighted by molar-refractivity contribution is -0.307. The molecule has 0 heterocycles. The summed E-state index contributed by atoms with van der Waals surface area (Å²) in [4.78, 5) is 28.8. The highest BCUT2D eigenvalue weighted by molar-refractivity contribution is 5.92. The van der Waals surface area contributed by atoms with Gasteiger partial charge in [0, 0.05) is 24.8 Å². The number of carboxylic acid groups (broad SMARTS) is 2. The van der Waals surface area contributed by atoms with Gasteiger partial charge < -0.3 is 24.9 Å². The molecule has 14 heavy (non-hydrogen) atoms. The van der Waals surface area contributed by atoms with Crippen molar-refractivity contribution >= 4 is 17.7 Å². The van der Waals surface area contributed by atoms with E-state index in [1.54, 1.807) is 0 Å². The molecule has 0 radical (unpaired) electrons. The van der Waals surface area contributed by atoms with E-state index < -0.39 is 24.5 Å². The Bertz CT molecular complexity index is 196. The van der Waals surface area contributed by atoms with Crippen molar-refractivity contribution in [1.29, 1.82) is 0 Å². The molecule has 0 saturated carbocycles. The zero-order valence-electron chi connectivity index (χ0n) is 7.98. The second-order valence-corrected chi connectivity index (χ2v) is 2.68. The number of aliphatic carboxylic acids is 2. The van der Waals surface area contributed by atoms with Gasteiger partial charge in [0.25, 0.3) is 0 Å². The third kappa shape index (κ3) is 22.4. The lowest BCUT2D eigenvalue weighted by Gasteiger charge is -2.01. The van der Waals surface area contributed by atoms with Gasteiger partial charge in [-0.05, 0) is 13.8 Å². The molecule has 0 bridgehead atoms. The van der Waals surface area contributed by atoms with E-state index in [4.69, 9.17) is 5.11 Å². The smallest absolute Gasteiger partial charge is 0.135 e. The first-order valence-electron chi connectivity index (χ1n) is 3.83. The van der Waals surface area contributed by atoms with Crippen LogP contribution < -0.4 is 10.2 Å². The minimum atomic E-state index is -1.31. The van der Waals surface area contributed by atoms with Crippen molar-refractivity contribution in [3.05, 3.63) is 0 Å². The third-order valence-corrected chi connectivity index (χ3v) is 0.855. The van der Waals surface area contributed by atoms with Crippen LogP contribution in [0.4, 0.5) is 0 Å². The van der Waals surface area contributed by atoms with E-state index in [2.05, 4.69) is 0 Å². The molecule has 0 fully saturated rings. The van der Waals surface area contributed by atoms with Crippen LogP contribution in [0.15, 0.2) is 0 Å². The molecule has 1 atom stereocenters. The van der Waals surface area contributed by atoms with Crippen LogP contribution in [0.3, 0.4) is 0 Å². The van der Waals surface area contributed by atoms with Crippen molar-refractivity contribution in [2.24, 2.45) is 0 Å². The summed E-state index contributed by atoms with van der Waals surface area (Å²) in [5.74, 6) is -2.90. The highest BCUT2D eigenvalue weighted by Crippen LogP contribution is 1.83. The van der Waals surface area contributed by atoms with Gasteiger partial charge in [-0.3, -0.25) is 4.79 Å². The number of hydrogen-bond acceptors (Lipinski definition) is 6. The van der Waals surface area contributed by atoms with E-state index in [0.29, 0.717) is 0 Å². The fourth-order valence-electron chi connectivity index (χ4n) is 0.444. The van der Waals surface area contributed by atoms with Crippen LogP contribution in [0.2, 0.25) is 0 Å². The van der Waals surface area contributed by atoms with Crippen LogP contribution >= 0.6 is 0 Å². The fraction of sp³-hybridized carbons (Fsp3) is 0.625. The van der Waals surface area contributed by atoms with Crippen LogP contribution in [-0.4, -0.2) is 28.9 Å². The Kier molecular flexibility index (Phi) is 8.80. The first-order valence-corrected chi connectivity index (χ1v) is 3.83. The standard InChI is InChI=1S/C4H8O3.C4H6O3/c2*1-3(5)2-4(6)7/h3,5H,2H2,1H3,(H,6,7);2H2,1H3,(H,6,7)/p-2. The second-order valence-electron chi connectivity index (χ2n) is 2.68. The zero-order chi connectivity index (χ0) is 11.7. The van der Waals surface area contributed by atoms with Gasteiger partial charge in [-0.1, -0.05) is 0 Å². The number of Topliss-reactive ketones (excluding diaryl/α,β-unsaturated/α-hetero) is 1. The minimum Gasteiger partial charge on any atom is -0.550 e. The number of aliphatic hydroxyl groups excluding tert-OH is 1. The molecule has 0 spiro atoms. The third-order valence-electron chi connectivity index (χ3n) is 0.855. The predicted octanol–water partition coefficient (Wildman–Crippen LogP) is -2.78. The Labute approximate surface area is 81.2 Å². The van der Waals surface area contributed by atoms with Gasteiger partial charge in [0.2, 0.25) is 0 Å². The SMILES string of the molecule is CC(=O)CC(=O)[O-].CC(O)CC(=O)[O-]. The van der Waals surface area contributed by atoms with Crippen molar-refractivity contribution in [3.8, 4) is 0 Å². The number of ketones is 1. The summed E-state index contributed by atoms with van der Waals surface area (Å²) >= 11 is 0. The van der Waals surface area contributed by atoms with Crippen LogP contribution in [0.25, 0.3) is 0 Å². The molecule has 1 N–H and O–H groups in total. The first-order chi connectivity index (χ1) is 6.25. The zero-order valence-corrected chi connectivity index (χ0v) is 7.98. The molecule has 6 nitrogen and oxygen atoms in total. The molecule has 0 aromatic heterocycles. The molecule has 82 valence electrons. The van der Waals surface area contributed by atoms with E-state index in [9.17, 15) is 24.6 Å². The van der Waals surface area contributed by atoms with Crippen molar-refractivity contribution < 1.29 is 29.7 Å². The number of rotatable bonds is 4. The Balaban J connectivity index is 0. The van der Waals surface area contributed by atoms with Crippen molar-refractivity contribution in [2.75, 3.05) is 0 Å². The lowest BCUT2D eigenvalue weighted by atomic mass is 10.3. The molecule has 0 aliphatic carbocycles. The molecule has 1 unspecified atom stereocenters. The monoisotopic (exact) mass is 204 g/mol. The van der Waals surface area contributed by atoms with Gasteiger partial charge in [-0.15, -0.1) is 0 Å². The molecule has 6 heteroatoms. The predicted molar refractivity (Wildman–Crippen MR) is 41.6 cm³/mol. The van der Waals surface area contributed by atoms with E-state index >= 15 is 0 Å². The van der Waals surface area contributed by atoms with Crippen molar-refractivity contribution in [1.82, 2.24) is 0 Å². The summed E-state index contributed by atoms with van der Waals surface area (Å²) in [5, 5.41) is 27.3. The largest absolute Gasteiger partial charge is 0.550 e. The van der Waals surface area contributed by atoms with Gasteiger partial charge in [0.1, 0.15) is 5.78 Å². The van der Waals surface area contributed by atoms with E-state index in [1.165, 1.54) is 13.8 Å². The molecule has 0 rings (SSSR count). The number of carbonyl (C=O) groups excluding carboxylic acids is 3. The average Bonchev–Trinajstić information content (AvgIpc) is 1.79. The summed E-state index contributed by atoms with van der Waals surface area (Å²) in [7, 11) is 0. The van der Waals surface area contributed by atoms with Crippen LogP contribution in [0.1, 0.15) is 26.7 Å². The average molecular weight is 204 g/mol. The molecule has 0 saturated heterocycles. The van der Waals surface area contributed by atoms with Crippen LogP contribution in [0, 0.1) is 0 Å². The maximum absolute atomic E-state index is 9.83. The number of hydrogen-bond donors (Lipinski definition) is 1. The van der Waals surface area contributed by atoms with E-state index in [1.807, 2.05) is 0 Å². The van der Waals surface area contributed by atoms with Crippen molar-refractivity contribution in [3.63, 3.8) is 0 Å². The van der Waals surface area contributed by atoms with E-state index in [0.717, 1.165) is 0 Å². The lowest BCUT2D eigenvalue weighted by Crippen LogP contribution is -2.25. The Hall–Kier alpha value is -1.43. The second kappa shape index (κ2) is 8.18. The quantitative estimate of drug-likeness (QED) is 0.495. The van der Waals surface area contributed by atoms with Crippen LogP contribution in [0.5, 0.6) is 0 Å². The van der Waals surface area contributed by atoms with Gasteiger partial charge in [0.15, 0.2) is 0 Å². The summed E-state index contributed by atoms with van der Waals surface area (Å²) < 4.78 is 0. The molecule has 0 aromatic carbocycles. The minimum absolute atomic E-state index is 0.278. The first kappa shape index (κ1) is 15.1. The van der Waals surface area contributed by atoms with Crippen LogP contribution in [-0.2, 0) is 14.4 Å². The highest BCUT2D eigenvalue weighted by Gasteiger charge is 1.91. The highest BCUT2D eigenvalue weighted by atomic mass is 16.4. The molecule has 0 aliphatic heterocycles. The summed E-state index contributed by atoms with van der Waals surface area (Å²) in [6, 6.07) is 0. The normalized spacial score (nSPS) is 10.8. The molecular formula is C8H12O6-2. The van der Waals surface area contributed by atoms with Crippen molar-refractivity contribution in [2.45, 2.75) is 32.8 Å². The molecule has 0 aliphatic rings. The number of carboxylic acids is 2. The van der Waals surface area contributed by atoms with Gasteiger partial charge in [0.05, 0.1) is 6.10 Å². The Morgan fingerprint density at radius 1 is 1.21 bits per heavy atom. The summed E-state index contributed by atoms with van der Waals surface area (Å²) in [6.45, 7) is 2.60. The number of aliphatic hydroxyl groups is 1. The van der Waals surface area contributed by atoms with Gasteiger partial charge in [-0.2, -0.15) is 0 Å². The maximum atomic E-state index is 9.83. The fourth-order valence-corrected chi connectivity index (χ4v) is 0.444. The van der Waals surface area contributed by atoms with E-state index in [-0.39, 0.29) is 12.2 Å². The Morgan fingerprint density at radius 2 is 1.64 bits per heavy atom. The molecule has 0 amide bonds. The molecule has 0 aromatic rings.